The molecule has 5 heteroatoms. The zero-order chi connectivity index (χ0) is 11.4. The van der Waals surface area contributed by atoms with Gasteiger partial charge >= 0.3 is 0 Å². The van der Waals surface area contributed by atoms with E-state index in [-0.39, 0.29) is 18.1 Å². The van der Waals surface area contributed by atoms with Crippen LogP contribution < -0.4 is 5.32 Å². The molecule has 2 unspecified atom stereocenters. The molecule has 4 nitrogen and oxygen atoms in total. The van der Waals surface area contributed by atoms with Gasteiger partial charge in [-0.05, 0) is 12.8 Å². The third-order valence-electron chi connectivity index (χ3n) is 3.10. The first kappa shape index (κ1) is 12.2. The number of thioether (sulfide) groups is 1. The molecule has 0 bridgehead atoms. The first-order valence-corrected chi connectivity index (χ1v) is 7.10. The quantitative estimate of drug-likeness (QED) is 0.777. The molecule has 1 amide bonds. The van der Waals surface area contributed by atoms with Crippen LogP contribution in [0.15, 0.2) is 0 Å². The fraction of sp³-hybridized carbons (Fsp3) is 0.909. The van der Waals surface area contributed by atoms with E-state index in [9.17, 15) is 4.79 Å². The molecule has 2 saturated heterocycles. The minimum Gasteiger partial charge on any atom is -0.376 e. The van der Waals surface area contributed by atoms with Gasteiger partial charge in [0.05, 0.1) is 12.1 Å². The van der Waals surface area contributed by atoms with Crippen LogP contribution in [0.25, 0.3) is 0 Å². The Bertz CT molecular complexity index is 238. The van der Waals surface area contributed by atoms with Gasteiger partial charge in [-0.25, -0.2) is 0 Å². The van der Waals surface area contributed by atoms with Crippen molar-refractivity contribution in [2.24, 2.45) is 0 Å². The lowest BCUT2D eigenvalue weighted by atomic mass is 10.2. The molecule has 92 valence electrons. The Labute approximate surface area is 101 Å². The van der Waals surface area contributed by atoms with Crippen molar-refractivity contribution in [2.45, 2.75) is 25.0 Å². The fourth-order valence-corrected chi connectivity index (χ4v) is 3.10. The fourth-order valence-electron chi connectivity index (χ4n) is 2.17. The normalized spacial score (nSPS) is 30.3. The molecule has 0 aromatic heterocycles. The number of hydrogen-bond acceptors (Lipinski definition) is 4. The lowest BCUT2D eigenvalue weighted by molar-refractivity contribution is -0.133. The van der Waals surface area contributed by atoms with Crippen LogP contribution in [-0.2, 0) is 9.53 Å². The van der Waals surface area contributed by atoms with E-state index < -0.39 is 0 Å². The number of ether oxygens (including phenoxy) is 1. The van der Waals surface area contributed by atoms with Crippen molar-refractivity contribution in [2.75, 3.05) is 38.2 Å². The molecule has 0 radical (unpaired) electrons. The van der Waals surface area contributed by atoms with Gasteiger partial charge < -0.3 is 15.0 Å². The molecule has 16 heavy (non-hydrogen) atoms. The molecule has 0 spiro atoms. The Balaban J connectivity index is 1.78. The summed E-state index contributed by atoms with van der Waals surface area (Å²) in [6.45, 7) is 2.53. The number of amides is 1. The van der Waals surface area contributed by atoms with E-state index in [1.807, 2.05) is 23.7 Å². The van der Waals surface area contributed by atoms with Crippen molar-refractivity contribution >= 4 is 17.7 Å². The summed E-state index contributed by atoms with van der Waals surface area (Å²) in [5, 5.41) is 3.27. The standard InChI is InChI=1S/C11H20N2O2S/c1-13(7-9-3-2-5-15-9)11(14)10-8-16-6-4-12-10/h9-10,12H,2-8H2,1H3. The van der Waals surface area contributed by atoms with Crippen LogP contribution >= 0.6 is 11.8 Å². The second-order valence-electron chi connectivity index (χ2n) is 4.44. The molecule has 2 rings (SSSR count). The van der Waals surface area contributed by atoms with E-state index in [2.05, 4.69) is 5.32 Å². The SMILES string of the molecule is CN(CC1CCCO1)C(=O)C1CSCCN1. The molecule has 0 aliphatic carbocycles. The Morgan fingerprint density at radius 2 is 2.50 bits per heavy atom. The zero-order valence-corrected chi connectivity index (χ0v) is 10.6. The molecule has 0 aromatic rings. The average Bonchev–Trinajstić information content (AvgIpc) is 2.82. The predicted octanol–water partition coefficient (Wildman–Crippen LogP) is 0.329. The van der Waals surface area contributed by atoms with Gasteiger partial charge in [0, 0.05) is 38.2 Å². The van der Waals surface area contributed by atoms with Crippen molar-refractivity contribution in [3.05, 3.63) is 0 Å². The lowest BCUT2D eigenvalue weighted by Gasteiger charge is -2.28. The number of carbonyl (C=O) groups excluding carboxylic acids is 1. The van der Waals surface area contributed by atoms with E-state index >= 15 is 0 Å². The summed E-state index contributed by atoms with van der Waals surface area (Å²) in [6.07, 6.45) is 2.47. The van der Waals surface area contributed by atoms with Crippen LogP contribution in [0.5, 0.6) is 0 Å². The maximum Gasteiger partial charge on any atom is 0.240 e. The second-order valence-corrected chi connectivity index (χ2v) is 5.59. The summed E-state index contributed by atoms with van der Waals surface area (Å²) >= 11 is 1.85. The highest BCUT2D eigenvalue weighted by atomic mass is 32.2. The Morgan fingerprint density at radius 1 is 1.62 bits per heavy atom. The number of likely N-dealkylation sites (N-methyl/N-ethyl adjacent to an activating group) is 1. The Kier molecular flexibility index (Phi) is 4.49. The molecule has 2 heterocycles. The number of nitrogens with one attached hydrogen (secondary N) is 1. The molecule has 2 fully saturated rings. The van der Waals surface area contributed by atoms with E-state index in [1.165, 1.54) is 0 Å². The monoisotopic (exact) mass is 244 g/mol. The van der Waals surface area contributed by atoms with Gasteiger partial charge in [-0.2, -0.15) is 11.8 Å². The van der Waals surface area contributed by atoms with Crippen molar-refractivity contribution in [3.63, 3.8) is 0 Å². The van der Waals surface area contributed by atoms with Crippen molar-refractivity contribution < 1.29 is 9.53 Å². The van der Waals surface area contributed by atoms with Gasteiger partial charge in [-0.15, -0.1) is 0 Å². The van der Waals surface area contributed by atoms with Crippen molar-refractivity contribution in [1.29, 1.82) is 0 Å². The molecule has 1 N–H and O–H groups in total. The van der Waals surface area contributed by atoms with Gasteiger partial charge in [0.25, 0.3) is 0 Å². The first-order valence-electron chi connectivity index (χ1n) is 5.95. The van der Waals surface area contributed by atoms with E-state index in [0.29, 0.717) is 0 Å². The van der Waals surface area contributed by atoms with Gasteiger partial charge in [-0.1, -0.05) is 0 Å². The van der Waals surface area contributed by atoms with E-state index in [4.69, 9.17) is 4.74 Å². The van der Waals surface area contributed by atoms with Crippen LogP contribution in [0.1, 0.15) is 12.8 Å². The first-order chi connectivity index (χ1) is 7.77. The lowest BCUT2D eigenvalue weighted by Crippen LogP contribution is -2.50. The van der Waals surface area contributed by atoms with Crippen LogP contribution in [0.3, 0.4) is 0 Å². The molecule has 2 aliphatic heterocycles. The Morgan fingerprint density at radius 3 is 3.12 bits per heavy atom. The smallest absolute Gasteiger partial charge is 0.240 e. The van der Waals surface area contributed by atoms with E-state index in [1.54, 1.807) is 0 Å². The highest BCUT2D eigenvalue weighted by Crippen LogP contribution is 2.14. The number of carbonyl (C=O) groups is 1. The minimum atomic E-state index is 0.00477. The van der Waals surface area contributed by atoms with Gasteiger partial charge in [0.1, 0.15) is 0 Å². The summed E-state index contributed by atoms with van der Waals surface area (Å²) < 4.78 is 5.54. The average molecular weight is 244 g/mol. The van der Waals surface area contributed by atoms with Crippen molar-refractivity contribution in [3.8, 4) is 0 Å². The summed E-state index contributed by atoms with van der Waals surface area (Å²) in [5.74, 6) is 2.22. The van der Waals surface area contributed by atoms with Crippen LogP contribution in [0, 0.1) is 0 Å². The van der Waals surface area contributed by atoms with Crippen LogP contribution in [-0.4, -0.2) is 61.2 Å². The summed E-state index contributed by atoms with van der Waals surface area (Å²) in [4.78, 5) is 13.9. The largest absolute Gasteiger partial charge is 0.376 e. The third kappa shape index (κ3) is 3.12. The summed E-state index contributed by atoms with van der Waals surface area (Å²) in [6, 6.07) is 0.00477. The summed E-state index contributed by atoms with van der Waals surface area (Å²) in [7, 11) is 1.88. The van der Waals surface area contributed by atoms with Gasteiger partial charge in [0.2, 0.25) is 5.91 Å². The topological polar surface area (TPSA) is 41.6 Å². The molecule has 2 atom stereocenters. The van der Waals surface area contributed by atoms with Crippen LogP contribution in [0.4, 0.5) is 0 Å². The molecule has 0 saturated carbocycles. The maximum absolute atomic E-state index is 12.1. The highest BCUT2D eigenvalue weighted by Gasteiger charge is 2.26. The van der Waals surface area contributed by atoms with Gasteiger partial charge in [0.15, 0.2) is 0 Å². The van der Waals surface area contributed by atoms with Crippen molar-refractivity contribution in [1.82, 2.24) is 10.2 Å². The zero-order valence-electron chi connectivity index (χ0n) is 9.78. The molecule has 0 aromatic carbocycles. The molecular weight excluding hydrogens is 224 g/mol. The van der Waals surface area contributed by atoms with E-state index in [0.717, 1.165) is 44.0 Å². The highest BCUT2D eigenvalue weighted by molar-refractivity contribution is 7.99. The summed E-state index contributed by atoms with van der Waals surface area (Å²) in [5.41, 5.74) is 0. The number of hydrogen-bond donors (Lipinski definition) is 1. The van der Waals surface area contributed by atoms with Gasteiger partial charge in [-0.3, -0.25) is 4.79 Å². The molecular formula is C11H20N2O2S. The molecule has 2 aliphatic rings. The van der Waals surface area contributed by atoms with Crippen LogP contribution in [0.2, 0.25) is 0 Å². The number of rotatable bonds is 3. The Hall–Kier alpha value is -0.260. The minimum absolute atomic E-state index is 0.00477. The maximum atomic E-state index is 12.1. The third-order valence-corrected chi connectivity index (χ3v) is 4.16. The second kappa shape index (κ2) is 5.89. The number of nitrogens with zero attached hydrogens (tertiary/aromatic N) is 1. The predicted molar refractivity (Wildman–Crippen MR) is 65.7 cm³/mol.